The molecular weight excluding hydrogens is 799 g/mol. The Kier molecular flexibility index (Phi) is 11.0. The van der Waals surface area contributed by atoms with Gasteiger partial charge in [0.25, 0.3) is 0 Å². The van der Waals surface area contributed by atoms with E-state index in [-0.39, 0.29) is 0 Å². The summed E-state index contributed by atoms with van der Waals surface area (Å²) in [5, 5.41) is 0. The molecule has 0 fully saturated rings. The van der Waals surface area contributed by atoms with Crippen LogP contribution in [-0.2, 0) is 0 Å². The number of hydrogen-bond acceptors (Lipinski definition) is 3. The van der Waals surface area contributed by atoms with Gasteiger partial charge in [-0.2, -0.15) is 0 Å². The summed E-state index contributed by atoms with van der Waals surface area (Å²) in [4.78, 5) is 16.3. The molecule has 0 spiro atoms. The highest BCUT2D eigenvalue weighted by Gasteiger charge is 2.25. The van der Waals surface area contributed by atoms with Gasteiger partial charge in [0.15, 0.2) is 5.82 Å². The van der Waals surface area contributed by atoms with Crippen molar-refractivity contribution in [2.45, 2.75) is 0 Å². The molecular formula is C63H43N3. The molecule has 11 aromatic rings. The highest BCUT2D eigenvalue weighted by Crippen LogP contribution is 2.49. The first-order valence-corrected chi connectivity index (χ1v) is 22.3. The van der Waals surface area contributed by atoms with E-state index in [1.807, 2.05) is 0 Å². The smallest absolute Gasteiger partial charge is 0.160 e. The number of nitrogens with zero attached hydrogens (tertiary/aromatic N) is 3. The molecule has 9 aromatic carbocycles. The van der Waals surface area contributed by atoms with E-state index in [4.69, 9.17) is 15.0 Å². The second kappa shape index (κ2) is 18.1. The van der Waals surface area contributed by atoms with Gasteiger partial charge in [-0.25, -0.2) is 15.0 Å². The number of aromatic nitrogens is 3. The fourth-order valence-electron chi connectivity index (χ4n) is 8.89. The summed E-state index contributed by atoms with van der Waals surface area (Å²) in [5.74, 6) is 0.653. The maximum absolute atomic E-state index is 5.63. The average Bonchev–Trinajstić information content (AvgIpc) is 3.42. The van der Waals surface area contributed by atoms with Crippen LogP contribution in [0.15, 0.2) is 261 Å². The largest absolute Gasteiger partial charge is 0.246 e. The van der Waals surface area contributed by atoms with Gasteiger partial charge in [-0.1, -0.05) is 243 Å². The van der Waals surface area contributed by atoms with Gasteiger partial charge in [-0.05, 0) is 57.1 Å². The van der Waals surface area contributed by atoms with Crippen molar-refractivity contribution >= 4 is 0 Å². The molecule has 0 atom stereocenters. The lowest BCUT2D eigenvalue weighted by atomic mass is 9.83. The van der Waals surface area contributed by atoms with E-state index < -0.39 is 0 Å². The standard InChI is InChI=1S/C63H43N3/c1-7-21-44(22-8-1)52-33-19-35-54(41-52)56-43-57(55-36-20-34-53(42-55)45-23-9-2-10-24-45)65-63(64-56)51-39-37-48(38-40-51)58-59(46-25-11-3-12-26-46)61(49-29-15-5-16-30-49)66-62(50-31-17-6-18-32-50)60(58)47-27-13-4-14-28-47/h1-43H. The van der Waals surface area contributed by atoms with Gasteiger partial charge in [0.2, 0.25) is 0 Å². The lowest BCUT2D eigenvalue weighted by Gasteiger charge is -2.23. The third kappa shape index (κ3) is 8.14. The molecule has 0 radical (unpaired) electrons. The van der Waals surface area contributed by atoms with Crippen LogP contribution in [0.4, 0.5) is 0 Å². The summed E-state index contributed by atoms with van der Waals surface area (Å²) in [7, 11) is 0. The van der Waals surface area contributed by atoms with Crippen LogP contribution in [0.2, 0.25) is 0 Å². The third-order valence-corrected chi connectivity index (χ3v) is 12.1. The SMILES string of the molecule is c1ccc(-c2cccc(-c3cc(-c4cccc(-c5ccccc5)c4)nc(-c4ccc(-c5c(-c6ccccc6)c(-c6ccccc6)nc(-c6ccccc6)c5-c5ccccc5)cc4)n3)c2)cc1. The van der Waals surface area contributed by atoms with Crippen molar-refractivity contribution in [1.82, 2.24) is 15.0 Å². The minimum Gasteiger partial charge on any atom is -0.246 e. The first-order valence-electron chi connectivity index (χ1n) is 22.3. The van der Waals surface area contributed by atoms with Crippen LogP contribution < -0.4 is 0 Å². The molecule has 0 aliphatic heterocycles. The Morgan fingerprint density at radius 3 is 0.879 bits per heavy atom. The molecule has 2 heterocycles. The number of benzene rings is 9. The Morgan fingerprint density at radius 2 is 0.485 bits per heavy atom. The van der Waals surface area contributed by atoms with Crippen LogP contribution in [0.3, 0.4) is 0 Å². The molecule has 0 saturated heterocycles. The zero-order valence-corrected chi connectivity index (χ0v) is 36.2. The molecule has 0 unspecified atom stereocenters. The van der Waals surface area contributed by atoms with Crippen molar-refractivity contribution in [3.63, 3.8) is 0 Å². The molecule has 66 heavy (non-hydrogen) atoms. The van der Waals surface area contributed by atoms with Crippen LogP contribution in [0.1, 0.15) is 0 Å². The maximum Gasteiger partial charge on any atom is 0.160 e. The topological polar surface area (TPSA) is 38.7 Å². The molecule has 0 bridgehead atoms. The molecule has 310 valence electrons. The third-order valence-electron chi connectivity index (χ3n) is 12.1. The van der Waals surface area contributed by atoms with Gasteiger partial charge >= 0.3 is 0 Å². The van der Waals surface area contributed by atoms with Crippen LogP contribution >= 0.6 is 0 Å². The predicted molar refractivity (Wildman–Crippen MR) is 274 cm³/mol. The van der Waals surface area contributed by atoms with Gasteiger partial charge in [0.1, 0.15) is 0 Å². The zero-order chi connectivity index (χ0) is 44.1. The molecule has 0 aliphatic carbocycles. The van der Waals surface area contributed by atoms with Crippen LogP contribution in [-0.4, -0.2) is 15.0 Å². The summed E-state index contributed by atoms with van der Waals surface area (Å²) in [6.07, 6.45) is 0. The van der Waals surface area contributed by atoms with Crippen LogP contribution in [0, 0.1) is 0 Å². The highest BCUT2D eigenvalue weighted by atomic mass is 14.9. The van der Waals surface area contributed by atoms with E-state index >= 15 is 0 Å². The van der Waals surface area contributed by atoms with Gasteiger partial charge in [0, 0.05) is 44.5 Å². The first-order chi connectivity index (χ1) is 32.7. The number of rotatable bonds is 10. The molecule has 3 heteroatoms. The molecule has 0 amide bonds. The Balaban J connectivity index is 1.12. The first kappa shape index (κ1) is 40.0. The Hall–Kier alpha value is -8.79. The van der Waals surface area contributed by atoms with E-state index in [0.717, 1.165) is 106 Å². The fourth-order valence-corrected chi connectivity index (χ4v) is 8.89. The van der Waals surface area contributed by atoms with Crippen molar-refractivity contribution in [3.8, 4) is 112 Å². The Morgan fingerprint density at radius 1 is 0.182 bits per heavy atom. The lowest BCUT2D eigenvalue weighted by Crippen LogP contribution is -2.01. The van der Waals surface area contributed by atoms with Crippen molar-refractivity contribution in [2.24, 2.45) is 0 Å². The van der Waals surface area contributed by atoms with Gasteiger partial charge < -0.3 is 0 Å². The molecule has 0 aliphatic rings. The second-order valence-corrected chi connectivity index (χ2v) is 16.3. The Bertz CT molecular complexity index is 3210. The van der Waals surface area contributed by atoms with Crippen molar-refractivity contribution < 1.29 is 0 Å². The summed E-state index contributed by atoms with van der Waals surface area (Å²) in [6, 6.07) is 91.7. The van der Waals surface area contributed by atoms with Crippen LogP contribution in [0.25, 0.3) is 112 Å². The molecule has 0 saturated carbocycles. The van der Waals surface area contributed by atoms with E-state index in [1.165, 1.54) is 0 Å². The quantitative estimate of drug-likeness (QED) is 0.138. The minimum absolute atomic E-state index is 0.653. The summed E-state index contributed by atoms with van der Waals surface area (Å²) in [6.45, 7) is 0. The van der Waals surface area contributed by atoms with E-state index in [0.29, 0.717) is 5.82 Å². The summed E-state index contributed by atoms with van der Waals surface area (Å²) >= 11 is 0. The monoisotopic (exact) mass is 841 g/mol. The summed E-state index contributed by atoms with van der Waals surface area (Å²) in [5.41, 5.74) is 19.7. The van der Waals surface area contributed by atoms with E-state index in [2.05, 4.69) is 261 Å². The highest BCUT2D eigenvalue weighted by molar-refractivity contribution is 6.05. The predicted octanol–water partition coefficient (Wildman–Crippen LogP) is 16.5. The zero-order valence-electron chi connectivity index (χ0n) is 36.2. The van der Waals surface area contributed by atoms with E-state index in [9.17, 15) is 0 Å². The molecule has 3 nitrogen and oxygen atoms in total. The average molecular weight is 842 g/mol. The summed E-state index contributed by atoms with van der Waals surface area (Å²) < 4.78 is 0. The van der Waals surface area contributed by atoms with Crippen molar-refractivity contribution in [3.05, 3.63) is 261 Å². The van der Waals surface area contributed by atoms with Gasteiger partial charge in [-0.15, -0.1) is 0 Å². The van der Waals surface area contributed by atoms with Crippen LogP contribution in [0.5, 0.6) is 0 Å². The lowest BCUT2D eigenvalue weighted by molar-refractivity contribution is 1.18. The second-order valence-electron chi connectivity index (χ2n) is 16.3. The molecule has 2 aromatic heterocycles. The van der Waals surface area contributed by atoms with Gasteiger partial charge in [-0.3, -0.25) is 0 Å². The maximum atomic E-state index is 5.63. The molecule has 11 rings (SSSR count). The van der Waals surface area contributed by atoms with Gasteiger partial charge in [0.05, 0.1) is 22.8 Å². The minimum atomic E-state index is 0.653. The molecule has 0 N–H and O–H groups in total. The number of hydrogen-bond donors (Lipinski definition) is 0. The Labute approximate surface area is 386 Å². The fraction of sp³-hybridized carbons (Fsp3) is 0. The normalized spacial score (nSPS) is 11.0. The van der Waals surface area contributed by atoms with Crippen molar-refractivity contribution in [1.29, 1.82) is 0 Å². The van der Waals surface area contributed by atoms with Crippen molar-refractivity contribution in [2.75, 3.05) is 0 Å². The number of pyridine rings is 1. The van der Waals surface area contributed by atoms with E-state index in [1.54, 1.807) is 0 Å².